The van der Waals surface area contributed by atoms with Crippen molar-refractivity contribution in [2.45, 2.75) is 6.92 Å². The first kappa shape index (κ1) is 21.3. The molecule has 1 aromatic heterocycles. The normalized spacial score (nSPS) is 10.9. The van der Waals surface area contributed by atoms with E-state index >= 15 is 0 Å². The highest BCUT2D eigenvalue weighted by molar-refractivity contribution is 7.22. The number of aromatic nitrogens is 1. The number of hydrogen-bond donors (Lipinski definition) is 2. The molecule has 0 fully saturated rings. The fourth-order valence-corrected chi connectivity index (χ4v) is 3.84. The predicted octanol–water partition coefficient (Wildman–Crippen LogP) is 5.08. The number of rotatable bonds is 8. The molecule has 2 N–H and O–H groups in total. The van der Waals surface area contributed by atoms with Gasteiger partial charge < -0.3 is 14.8 Å². The van der Waals surface area contributed by atoms with Crippen molar-refractivity contribution in [1.29, 1.82) is 0 Å². The summed E-state index contributed by atoms with van der Waals surface area (Å²) in [6.45, 7) is 1.84. The van der Waals surface area contributed by atoms with Gasteiger partial charge in [-0.25, -0.2) is 4.98 Å². The molecule has 1 amide bonds. The second-order valence-corrected chi connectivity index (χ2v) is 8.00. The van der Waals surface area contributed by atoms with E-state index in [4.69, 9.17) is 9.47 Å². The molecule has 0 atom stereocenters. The van der Waals surface area contributed by atoms with E-state index in [1.807, 2.05) is 61.5 Å². The minimum absolute atomic E-state index is 0.128. The number of carbonyl (C=O) groups excluding carboxylic acids is 1. The monoisotopic (exact) mass is 446 g/mol. The SMILES string of the molecule is COc1cc(/C=N/Nc2nc3ccccc3s2)ccc1OCC(=O)Nc1cccc(C)c1. The summed E-state index contributed by atoms with van der Waals surface area (Å²) in [7, 11) is 1.55. The maximum atomic E-state index is 12.2. The number of methoxy groups -OCH3 is 1. The molecule has 0 saturated carbocycles. The van der Waals surface area contributed by atoms with Crippen LogP contribution in [0, 0.1) is 6.92 Å². The standard InChI is InChI=1S/C24H22N4O3S/c1-16-6-5-7-18(12-16)26-23(29)15-31-20-11-10-17(13-21(20)30-2)14-25-28-24-27-19-8-3-4-9-22(19)32-24/h3-14H,15H2,1-2H3,(H,26,29)(H,27,28)/b25-14+. The highest BCUT2D eigenvalue weighted by Crippen LogP contribution is 2.28. The van der Waals surface area contributed by atoms with Crippen molar-refractivity contribution >= 4 is 44.5 Å². The lowest BCUT2D eigenvalue weighted by atomic mass is 10.2. The van der Waals surface area contributed by atoms with Crippen LogP contribution in [-0.2, 0) is 4.79 Å². The van der Waals surface area contributed by atoms with Gasteiger partial charge in [0.1, 0.15) is 0 Å². The molecular weight excluding hydrogens is 424 g/mol. The molecule has 7 nitrogen and oxygen atoms in total. The van der Waals surface area contributed by atoms with Crippen LogP contribution in [0.3, 0.4) is 0 Å². The summed E-state index contributed by atoms with van der Waals surface area (Å²) in [4.78, 5) is 16.7. The van der Waals surface area contributed by atoms with Crippen LogP contribution in [0.4, 0.5) is 10.8 Å². The molecule has 0 radical (unpaired) electrons. The van der Waals surface area contributed by atoms with Crippen molar-refractivity contribution in [1.82, 2.24) is 4.98 Å². The molecule has 0 bridgehead atoms. The maximum absolute atomic E-state index is 12.2. The number of ether oxygens (including phenoxy) is 2. The third-order valence-electron chi connectivity index (χ3n) is 4.52. The van der Waals surface area contributed by atoms with E-state index in [0.29, 0.717) is 16.6 Å². The summed E-state index contributed by atoms with van der Waals surface area (Å²) in [6, 6.07) is 20.9. The molecule has 32 heavy (non-hydrogen) atoms. The number of thiazole rings is 1. The number of benzene rings is 3. The highest BCUT2D eigenvalue weighted by Gasteiger charge is 2.09. The second-order valence-electron chi connectivity index (χ2n) is 6.97. The predicted molar refractivity (Wildman–Crippen MR) is 129 cm³/mol. The number of hydrogen-bond acceptors (Lipinski definition) is 7. The van der Waals surface area contributed by atoms with Gasteiger partial charge in [-0.15, -0.1) is 0 Å². The fourth-order valence-electron chi connectivity index (χ4n) is 3.03. The van der Waals surface area contributed by atoms with Gasteiger partial charge in [0.2, 0.25) is 5.13 Å². The van der Waals surface area contributed by atoms with E-state index in [1.54, 1.807) is 25.5 Å². The molecular formula is C24H22N4O3S. The Balaban J connectivity index is 1.35. The van der Waals surface area contributed by atoms with Crippen LogP contribution in [-0.4, -0.2) is 30.8 Å². The number of fused-ring (bicyclic) bond motifs is 1. The molecule has 162 valence electrons. The second kappa shape index (κ2) is 9.93. The Morgan fingerprint density at radius 1 is 1.09 bits per heavy atom. The summed E-state index contributed by atoms with van der Waals surface area (Å²) < 4.78 is 12.2. The molecule has 4 aromatic rings. The average molecular weight is 447 g/mol. The van der Waals surface area contributed by atoms with E-state index < -0.39 is 0 Å². The number of anilines is 2. The molecule has 0 aliphatic rings. The van der Waals surface area contributed by atoms with E-state index in [-0.39, 0.29) is 12.5 Å². The fraction of sp³-hybridized carbons (Fsp3) is 0.125. The van der Waals surface area contributed by atoms with E-state index in [0.717, 1.165) is 27.0 Å². The van der Waals surface area contributed by atoms with Crippen LogP contribution in [0.15, 0.2) is 71.8 Å². The first-order chi connectivity index (χ1) is 15.6. The third kappa shape index (κ3) is 5.41. The van der Waals surface area contributed by atoms with Crippen molar-refractivity contribution in [2.75, 3.05) is 24.5 Å². The van der Waals surface area contributed by atoms with Gasteiger partial charge >= 0.3 is 0 Å². The Labute approximate surface area is 189 Å². The Morgan fingerprint density at radius 2 is 1.97 bits per heavy atom. The van der Waals surface area contributed by atoms with Crippen molar-refractivity contribution in [3.63, 3.8) is 0 Å². The molecule has 0 unspecified atom stereocenters. The smallest absolute Gasteiger partial charge is 0.262 e. The van der Waals surface area contributed by atoms with Crippen LogP contribution >= 0.6 is 11.3 Å². The Hall–Kier alpha value is -3.91. The van der Waals surface area contributed by atoms with Crippen molar-refractivity contribution in [3.05, 3.63) is 77.9 Å². The number of amides is 1. The van der Waals surface area contributed by atoms with Crippen LogP contribution < -0.4 is 20.2 Å². The number of para-hydroxylation sites is 1. The highest BCUT2D eigenvalue weighted by atomic mass is 32.1. The zero-order valence-electron chi connectivity index (χ0n) is 17.7. The van der Waals surface area contributed by atoms with E-state index in [9.17, 15) is 4.79 Å². The van der Waals surface area contributed by atoms with Crippen molar-refractivity contribution < 1.29 is 14.3 Å². The number of nitrogens with one attached hydrogen (secondary N) is 2. The lowest BCUT2D eigenvalue weighted by Crippen LogP contribution is -2.20. The molecule has 0 spiro atoms. The summed E-state index contributed by atoms with van der Waals surface area (Å²) in [5, 5.41) is 7.79. The molecule has 1 heterocycles. The van der Waals surface area contributed by atoms with Gasteiger partial charge in [-0.2, -0.15) is 5.10 Å². The number of aryl methyl sites for hydroxylation is 1. The lowest BCUT2D eigenvalue weighted by molar-refractivity contribution is -0.118. The van der Waals surface area contributed by atoms with Gasteiger partial charge in [-0.3, -0.25) is 10.2 Å². The summed E-state index contributed by atoms with van der Waals surface area (Å²) in [6.07, 6.45) is 1.67. The largest absolute Gasteiger partial charge is 0.493 e. The lowest BCUT2D eigenvalue weighted by Gasteiger charge is -2.11. The van der Waals surface area contributed by atoms with Crippen molar-refractivity contribution in [3.8, 4) is 11.5 Å². The maximum Gasteiger partial charge on any atom is 0.262 e. The molecule has 0 saturated heterocycles. The zero-order chi connectivity index (χ0) is 22.3. The van der Waals surface area contributed by atoms with Gasteiger partial charge in [0.25, 0.3) is 5.91 Å². The molecule has 4 rings (SSSR count). The van der Waals surface area contributed by atoms with Crippen LogP contribution in [0.1, 0.15) is 11.1 Å². The van der Waals surface area contributed by atoms with Crippen LogP contribution in [0.5, 0.6) is 11.5 Å². The minimum Gasteiger partial charge on any atom is -0.493 e. The molecule has 8 heteroatoms. The Kier molecular flexibility index (Phi) is 6.62. The first-order valence-corrected chi connectivity index (χ1v) is 10.7. The summed E-state index contributed by atoms with van der Waals surface area (Å²) in [5.74, 6) is 0.740. The van der Waals surface area contributed by atoms with E-state index in [2.05, 4.69) is 20.8 Å². The Morgan fingerprint density at radius 3 is 2.78 bits per heavy atom. The van der Waals surface area contributed by atoms with Crippen LogP contribution in [0.2, 0.25) is 0 Å². The molecule has 0 aliphatic heterocycles. The topological polar surface area (TPSA) is 84.8 Å². The van der Waals surface area contributed by atoms with Gasteiger partial charge in [0, 0.05) is 5.69 Å². The number of hydrazone groups is 1. The van der Waals surface area contributed by atoms with Gasteiger partial charge in [-0.1, -0.05) is 35.6 Å². The first-order valence-electron chi connectivity index (χ1n) is 9.93. The number of nitrogens with zero attached hydrogens (tertiary/aromatic N) is 2. The average Bonchev–Trinajstić information content (AvgIpc) is 3.21. The van der Waals surface area contributed by atoms with E-state index in [1.165, 1.54) is 11.3 Å². The molecule has 0 aliphatic carbocycles. The summed E-state index contributed by atoms with van der Waals surface area (Å²) in [5.41, 5.74) is 6.50. The Bertz CT molecular complexity index is 1240. The zero-order valence-corrected chi connectivity index (χ0v) is 18.5. The summed E-state index contributed by atoms with van der Waals surface area (Å²) >= 11 is 1.53. The van der Waals surface area contributed by atoms with Crippen molar-refractivity contribution in [2.24, 2.45) is 5.10 Å². The molecule has 3 aromatic carbocycles. The quantitative estimate of drug-likeness (QED) is 0.291. The third-order valence-corrected chi connectivity index (χ3v) is 5.46. The van der Waals surface area contributed by atoms with Gasteiger partial charge in [0.15, 0.2) is 18.1 Å². The van der Waals surface area contributed by atoms with Crippen LogP contribution in [0.25, 0.3) is 10.2 Å². The van der Waals surface area contributed by atoms with Gasteiger partial charge in [0.05, 0.1) is 23.5 Å². The van der Waals surface area contributed by atoms with Gasteiger partial charge in [-0.05, 0) is 60.5 Å². The minimum atomic E-state index is -0.247. The number of carbonyl (C=O) groups is 1.